The van der Waals surface area contributed by atoms with Gasteiger partial charge in [0.05, 0.1) is 62.3 Å². The van der Waals surface area contributed by atoms with E-state index in [2.05, 4.69) is 30.8 Å². The van der Waals surface area contributed by atoms with Crippen LogP contribution in [0.4, 0.5) is 11.4 Å². The van der Waals surface area contributed by atoms with Crippen molar-refractivity contribution < 1.29 is 29.3 Å². The fourth-order valence-electron chi connectivity index (χ4n) is 8.25. The number of hydrogen-bond donors (Lipinski definition) is 4. The van der Waals surface area contributed by atoms with E-state index >= 15 is 0 Å². The first kappa shape index (κ1) is 42.4. The van der Waals surface area contributed by atoms with Crippen molar-refractivity contribution in [1.82, 2.24) is 48.8 Å². The summed E-state index contributed by atoms with van der Waals surface area (Å²) in [5, 5.41) is 45.5. The molecule has 6 heterocycles. The molecule has 2 aliphatic rings. The van der Waals surface area contributed by atoms with Gasteiger partial charge in [0, 0.05) is 58.4 Å². The molecular weight excluding hydrogens is 863 g/mol. The lowest BCUT2D eigenvalue weighted by molar-refractivity contribution is 0.102. The van der Waals surface area contributed by atoms with E-state index in [-0.39, 0.29) is 23.9 Å². The Bertz CT molecular complexity index is 2800. The van der Waals surface area contributed by atoms with Crippen LogP contribution in [0, 0.1) is 0 Å². The number of fused-ring (bicyclic) bond motifs is 2. The average Bonchev–Trinajstić information content (AvgIpc) is 4.17. The maximum Gasteiger partial charge on any atom is 0.261 e. The molecule has 18 nitrogen and oxygen atoms in total. The molecule has 4 atom stereocenters. The molecule has 4 N–H and O–H groups in total. The number of amides is 2. The molecule has 0 saturated heterocycles. The lowest BCUT2D eigenvalue weighted by atomic mass is 10.1. The van der Waals surface area contributed by atoms with E-state index in [1.54, 1.807) is 109 Å². The van der Waals surface area contributed by atoms with Crippen LogP contribution in [0.5, 0.6) is 11.5 Å². The van der Waals surface area contributed by atoms with Crippen molar-refractivity contribution in [3.63, 3.8) is 0 Å². The van der Waals surface area contributed by atoms with Crippen molar-refractivity contribution in [1.29, 1.82) is 0 Å². The molecule has 2 saturated carbocycles. The van der Waals surface area contributed by atoms with Crippen LogP contribution in [0.3, 0.4) is 0 Å². The van der Waals surface area contributed by atoms with Crippen LogP contribution in [-0.2, 0) is 0 Å². The topological polar surface area (TPSA) is 213 Å². The maximum atomic E-state index is 13.1. The van der Waals surface area contributed by atoms with Crippen molar-refractivity contribution in [2.45, 2.75) is 62.8 Å². The average molecular weight is 906 g/mol. The van der Waals surface area contributed by atoms with Gasteiger partial charge in [-0.05, 0) is 87.1 Å². The number of ether oxygens (including phenoxy) is 2. The number of rotatable bonds is 10. The Labute approximate surface area is 375 Å². The van der Waals surface area contributed by atoms with E-state index < -0.39 is 12.2 Å². The zero-order chi connectivity index (χ0) is 44.5. The van der Waals surface area contributed by atoms with Gasteiger partial charge in [-0.25, -0.2) is 19.0 Å². The van der Waals surface area contributed by atoms with E-state index in [4.69, 9.17) is 42.9 Å². The Balaban J connectivity index is 0.000000162. The summed E-state index contributed by atoms with van der Waals surface area (Å²) in [4.78, 5) is 34.8. The number of nitrogens with one attached hydrogen (secondary N) is 2. The lowest BCUT2D eigenvalue weighted by Gasteiger charge is -2.14. The van der Waals surface area contributed by atoms with Crippen molar-refractivity contribution in [3.8, 4) is 34.0 Å². The van der Waals surface area contributed by atoms with Crippen molar-refractivity contribution in [2.24, 2.45) is 0 Å². The fraction of sp³-hybridized carbons (Fsp3) is 0.273. The third-order valence-corrected chi connectivity index (χ3v) is 11.9. The molecule has 0 unspecified atom stereocenters. The number of benzene rings is 2. The van der Waals surface area contributed by atoms with Crippen LogP contribution in [0.2, 0.25) is 10.0 Å². The first-order chi connectivity index (χ1) is 31.1. The second kappa shape index (κ2) is 18.1. The van der Waals surface area contributed by atoms with E-state index in [1.807, 2.05) is 0 Å². The molecule has 2 amide bonds. The van der Waals surface area contributed by atoms with Gasteiger partial charge in [0.1, 0.15) is 34.0 Å². The largest absolute Gasteiger partial charge is 0.496 e. The number of halogens is 2. The Morgan fingerprint density at radius 1 is 0.672 bits per heavy atom. The predicted octanol–water partition coefficient (Wildman–Crippen LogP) is 7.19. The molecule has 0 aliphatic heterocycles. The molecule has 64 heavy (non-hydrogen) atoms. The third kappa shape index (κ3) is 8.35. The molecule has 10 rings (SSSR count). The molecule has 0 radical (unpaired) electrons. The molecule has 8 aromatic rings. The first-order valence-corrected chi connectivity index (χ1v) is 21.3. The van der Waals surface area contributed by atoms with Crippen LogP contribution in [0.1, 0.15) is 71.3 Å². The van der Waals surface area contributed by atoms with Crippen LogP contribution < -0.4 is 20.1 Å². The van der Waals surface area contributed by atoms with Gasteiger partial charge in [-0.3, -0.25) is 19.0 Å². The van der Waals surface area contributed by atoms with E-state index in [0.717, 1.165) is 38.5 Å². The van der Waals surface area contributed by atoms with Gasteiger partial charge < -0.3 is 30.3 Å². The highest BCUT2D eigenvalue weighted by atomic mass is 35.5. The summed E-state index contributed by atoms with van der Waals surface area (Å²) in [5.74, 6) is 0.402. The molecule has 2 aliphatic carbocycles. The van der Waals surface area contributed by atoms with Gasteiger partial charge >= 0.3 is 0 Å². The van der Waals surface area contributed by atoms with E-state index in [0.29, 0.717) is 77.9 Å². The number of aliphatic hydroxyl groups excluding tert-OH is 2. The minimum Gasteiger partial charge on any atom is -0.496 e. The number of carbonyl (C=O) groups is 2. The van der Waals surface area contributed by atoms with Gasteiger partial charge in [0.2, 0.25) is 0 Å². The zero-order valence-electron chi connectivity index (χ0n) is 34.5. The molecule has 6 aromatic heterocycles. The summed E-state index contributed by atoms with van der Waals surface area (Å²) in [5.41, 5.74) is 4.80. The minimum atomic E-state index is -0.489. The summed E-state index contributed by atoms with van der Waals surface area (Å²) in [6.45, 7) is 0. The van der Waals surface area contributed by atoms with Crippen LogP contribution >= 0.6 is 23.2 Å². The summed E-state index contributed by atoms with van der Waals surface area (Å²) in [6.07, 6.45) is 17.0. The highest BCUT2D eigenvalue weighted by Crippen LogP contribution is 2.41. The standard InChI is InChI=1S/2C22H21ClN6O3/c2*1-32-19-7-6-13(23)10-14(19)20-16(12-29(27-20)17-4-2-5-18(17)30)26-22(31)15-11-25-28-9-3-8-24-21(15)28/h2*3,6-12,17-18,30H,2,4-5H2,1H3,(H,26,31)/t2*17-,18-/m10/s1. The van der Waals surface area contributed by atoms with Crippen molar-refractivity contribution >= 4 is 57.7 Å². The summed E-state index contributed by atoms with van der Waals surface area (Å²) >= 11 is 12.5. The van der Waals surface area contributed by atoms with Crippen LogP contribution in [0.25, 0.3) is 33.8 Å². The van der Waals surface area contributed by atoms with Gasteiger partial charge in [0.15, 0.2) is 11.3 Å². The molecule has 20 heteroatoms. The number of anilines is 2. The van der Waals surface area contributed by atoms with Gasteiger partial charge in [-0.2, -0.15) is 20.4 Å². The van der Waals surface area contributed by atoms with E-state index in [9.17, 15) is 19.8 Å². The highest BCUT2D eigenvalue weighted by molar-refractivity contribution is 6.31. The second-order valence-corrected chi connectivity index (χ2v) is 16.2. The Morgan fingerprint density at radius 3 is 1.50 bits per heavy atom. The van der Waals surface area contributed by atoms with E-state index in [1.165, 1.54) is 21.4 Å². The Kier molecular flexibility index (Phi) is 12.0. The van der Waals surface area contributed by atoms with Gasteiger partial charge in [-0.1, -0.05) is 23.2 Å². The second-order valence-electron chi connectivity index (χ2n) is 15.4. The quantitative estimate of drug-likeness (QED) is 0.107. The third-order valence-electron chi connectivity index (χ3n) is 11.4. The Hall–Kier alpha value is -6.86. The molecule has 328 valence electrons. The SMILES string of the molecule is COc1ccc(Cl)cc1-c1nn([C@@H]2CCC[C@H]2O)cc1NC(=O)c1cnn2cccnc12.COc1ccc(Cl)cc1-c1nn([C@H]2CCC[C@@H]2O)cc1NC(=O)c1cnn2cccnc12. The van der Waals surface area contributed by atoms with Gasteiger partial charge in [-0.15, -0.1) is 0 Å². The molecule has 0 bridgehead atoms. The highest BCUT2D eigenvalue weighted by Gasteiger charge is 2.31. The summed E-state index contributed by atoms with van der Waals surface area (Å²) < 4.78 is 17.5. The number of aliphatic hydroxyl groups is 2. The maximum absolute atomic E-state index is 13.1. The molecule has 2 fully saturated rings. The van der Waals surface area contributed by atoms with Crippen molar-refractivity contribution in [3.05, 3.63) is 119 Å². The zero-order valence-corrected chi connectivity index (χ0v) is 36.1. The van der Waals surface area contributed by atoms with Crippen LogP contribution in [0.15, 0.2) is 98.1 Å². The number of methoxy groups -OCH3 is 2. The Morgan fingerprint density at radius 2 is 1.11 bits per heavy atom. The molecule has 0 spiro atoms. The monoisotopic (exact) mass is 904 g/mol. The molecular formula is C44H42Cl2N12O6. The number of aromatic nitrogens is 10. The predicted molar refractivity (Wildman–Crippen MR) is 238 cm³/mol. The number of nitrogens with zero attached hydrogens (tertiary/aromatic N) is 10. The first-order valence-electron chi connectivity index (χ1n) is 20.5. The summed E-state index contributed by atoms with van der Waals surface area (Å²) in [7, 11) is 3.13. The summed E-state index contributed by atoms with van der Waals surface area (Å²) in [6, 6.07) is 13.6. The molecule has 2 aromatic carbocycles. The smallest absolute Gasteiger partial charge is 0.261 e. The fourth-order valence-corrected chi connectivity index (χ4v) is 8.59. The minimum absolute atomic E-state index is 0.164. The number of carbonyl (C=O) groups excluding carboxylic acids is 2. The van der Waals surface area contributed by atoms with Crippen molar-refractivity contribution in [2.75, 3.05) is 24.9 Å². The lowest BCUT2D eigenvalue weighted by Crippen LogP contribution is -2.18. The van der Waals surface area contributed by atoms with Gasteiger partial charge in [0.25, 0.3) is 11.8 Å². The van der Waals surface area contributed by atoms with Crippen LogP contribution in [-0.4, -0.2) is 97.2 Å². The normalized spacial score (nSPS) is 18.2. The number of hydrogen-bond acceptors (Lipinski definition) is 12.